The van der Waals surface area contributed by atoms with Crippen LogP contribution in [0.3, 0.4) is 0 Å². The zero-order chi connectivity index (χ0) is 14.8. The lowest BCUT2D eigenvalue weighted by Gasteiger charge is -2.20. The highest BCUT2D eigenvalue weighted by Gasteiger charge is 2.15. The predicted molar refractivity (Wildman–Crippen MR) is 83.4 cm³/mol. The number of hydrogen-bond acceptors (Lipinski definition) is 2. The van der Waals surface area contributed by atoms with Crippen LogP contribution in [-0.4, -0.2) is 21.3 Å². The molecule has 0 spiro atoms. The quantitative estimate of drug-likeness (QED) is 0.879. The molecule has 3 rings (SSSR count). The van der Waals surface area contributed by atoms with Crippen LogP contribution >= 0.6 is 0 Å². The van der Waals surface area contributed by atoms with Gasteiger partial charge in [-0.3, -0.25) is 4.79 Å². The van der Waals surface area contributed by atoms with E-state index in [0.29, 0.717) is 5.56 Å². The molecule has 0 fully saturated rings. The van der Waals surface area contributed by atoms with Gasteiger partial charge in [0.25, 0.3) is 5.91 Å². The third-order valence-electron chi connectivity index (χ3n) is 4.06. The van der Waals surface area contributed by atoms with Gasteiger partial charge in [0.1, 0.15) is 5.65 Å². The summed E-state index contributed by atoms with van der Waals surface area (Å²) < 4.78 is 1.90. The second-order valence-corrected chi connectivity index (χ2v) is 5.79. The standard InChI is InChI=1S/C17H21N3O/c1-12-10-20-11-15(8-9-16(20)18-12)17(21)19-13(2)14-6-4-3-5-7-14/h6,8-11,13H,3-5,7H2,1-2H3,(H,19,21)/t13-/m1/s1. The molecule has 110 valence electrons. The molecule has 2 aromatic heterocycles. The fraction of sp³-hybridized carbons (Fsp3) is 0.412. The Labute approximate surface area is 124 Å². The Morgan fingerprint density at radius 3 is 2.95 bits per heavy atom. The van der Waals surface area contributed by atoms with Gasteiger partial charge in [-0.2, -0.15) is 0 Å². The second kappa shape index (κ2) is 5.72. The third kappa shape index (κ3) is 2.99. The molecule has 0 aromatic carbocycles. The summed E-state index contributed by atoms with van der Waals surface area (Å²) in [6.45, 7) is 4.01. The van der Waals surface area contributed by atoms with Gasteiger partial charge < -0.3 is 9.72 Å². The molecule has 0 unspecified atom stereocenters. The van der Waals surface area contributed by atoms with Crippen LogP contribution in [0.25, 0.3) is 5.65 Å². The second-order valence-electron chi connectivity index (χ2n) is 5.79. The summed E-state index contributed by atoms with van der Waals surface area (Å²) in [7, 11) is 0. The first-order valence-corrected chi connectivity index (χ1v) is 7.58. The van der Waals surface area contributed by atoms with Crippen LogP contribution in [0.15, 0.2) is 36.2 Å². The SMILES string of the molecule is Cc1cn2cc(C(=O)N[C@H](C)C3=CCCCC3)ccc2n1. The summed E-state index contributed by atoms with van der Waals surface area (Å²) in [5, 5.41) is 3.10. The molecule has 4 heteroatoms. The van der Waals surface area contributed by atoms with E-state index in [-0.39, 0.29) is 11.9 Å². The van der Waals surface area contributed by atoms with Crippen molar-refractivity contribution in [2.75, 3.05) is 0 Å². The highest BCUT2D eigenvalue weighted by Crippen LogP contribution is 2.20. The number of carbonyl (C=O) groups excluding carboxylic acids is 1. The van der Waals surface area contributed by atoms with Gasteiger partial charge in [0.15, 0.2) is 0 Å². The Morgan fingerprint density at radius 2 is 2.19 bits per heavy atom. The minimum Gasteiger partial charge on any atom is -0.346 e. The normalized spacial score (nSPS) is 16.6. The molecular weight excluding hydrogens is 262 g/mol. The zero-order valence-corrected chi connectivity index (χ0v) is 12.6. The van der Waals surface area contributed by atoms with E-state index in [9.17, 15) is 4.79 Å². The van der Waals surface area contributed by atoms with Gasteiger partial charge in [0.05, 0.1) is 11.3 Å². The van der Waals surface area contributed by atoms with E-state index in [0.717, 1.165) is 24.2 Å². The van der Waals surface area contributed by atoms with Crippen LogP contribution < -0.4 is 5.32 Å². The van der Waals surface area contributed by atoms with Crippen LogP contribution in [0.1, 0.15) is 48.7 Å². The minimum atomic E-state index is -0.0257. The van der Waals surface area contributed by atoms with E-state index in [1.807, 2.05) is 35.9 Å². The average Bonchev–Trinajstić information content (AvgIpc) is 2.87. The molecule has 2 heterocycles. The van der Waals surface area contributed by atoms with Gasteiger partial charge in [-0.15, -0.1) is 0 Å². The van der Waals surface area contributed by atoms with Gasteiger partial charge in [-0.1, -0.05) is 11.6 Å². The monoisotopic (exact) mass is 283 g/mol. The molecule has 0 bridgehead atoms. The van der Waals surface area contributed by atoms with E-state index in [4.69, 9.17) is 0 Å². The molecule has 1 N–H and O–H groups in total. The van der Waals surface area contributed by atoms with E-state index in [2.05, 4.69) is 23.3 Å². The molecule has 0 saturated carbocycles. The lowest BCUT2D eigenvalue weighted by atomic mass is 9.94. The smallest absolute Gasteiger partial charge is 0.253 e. The topological polar surface area (TPSA) is 46.4 Å². The van der Waals surface area contributed by atoms with Gasteiger partial charge in [-0.25, -0.2) is 4.98 Å². The van der Waals surface area contributed by atoms with Crippen molar-refractivity contribution in [1.29, 1.82) is 0 Å². The van der Waals surface area contributed by atoms with E-state index >= 15 is 0 Å². The average molecular weight is 283 g/mol. The summed E-state index contributed by atoms with van der Waals surface area (Å²) in [6, 6.07) is 3.82. The number of allylic oxidation sites excluding steroid dienone is 1. The number of rotatable bonds is 3. The number of nitrogens with zero attached hydrogens (tertiary/aromatic N) is 2. The van der Waals surface area contributed by atoms with Crippen molar-refractivity contribution in [1.82, 2.24) is 14.7 Å². The number of aryl methyl sites for hydroxylation is 1. The van der Waals surface area contributed by atoms with Crippen LogP contribution in [0.5, 0.6) is 0 Å². The third-order valence-corrected chi connectivity index (χ3v) is 4.06. The Hall–Kier alpha value is -2.10. The van der Waals surface area contributed by atoms with Crippen molar-refractivity contribution in [2.45, 2.75) is 45.6 Å². The molecule has 0 radical (unpaired) electrons. The van der Waals surface area contributed by atoms with Gasteiger partial charge in [0.2, 0.25) is 0 Å². The number of imidazole rings is 1. The molecule has 4 nitrogen and oxygen atoms in total. The highest BCUT2D eigenvalue weighted by molar-refractivity contribution is 5.94. The van der Waals surface area contributed by atoms with Crippen molar-refractivity contribution in [3.05, 3.63) is 47.4 Å². The molecule has 1 aliphatic rings. The maximum atomic E-state index is 12.4. The summed E-state index contributed by atoms with van der Waals surface area (Å²) >= 11 is 0. The number of hydrogen-bond donors (Lipinski definition) is 1. The predicted octanol–water partition coefficient (Wildman–Crippen LogP) is 3.26. The van der Waals surface area contributed by atoms with Crippen LogP contribution in [0, 0.1) is 6.92 Å². The minimum absolute atomic E-state index is 0.0257. The molecule has 0 aliphatic heterocycles. The summed E-state index contributed by atoms with van der Waals surface area (Å²) in [6.07, 6.45) is 10.8. The lowest BCUT2D eigenvalue weighted by molar-refractivity contribution is 0.0944. The Morgan fingerprint density at radius 1 is 1.33 bits per heavy atom. The molecule has 21 heavy (non-hydrogen) atoms. The number of carbonyl (C=O) groups is 1. The van der Waals surface area contributed by atoms with Gasteiger partial charge >= 0.3 is 0 Å². The summed E-state index contributed by atoms with van der Waals surface area (Å²) in [4.78, 5) is 16.7. The summed E-state index contributed by atoms with van der Waals surface area (Å²) in [5.41, 5.74) is 3.85. The number of pyridine rings is 1. The first-order chi connectivity index (χ1) is 10.1. The van der Waals surface area contributed by atoms with Crippen molar-refractivity contribution in [3.63, 3.8) is 0 Å². The summed E-state index contributed by atoms with van der Waals surface area (Å²) in [5.74, 6) is -0.0257. The van der Waals surface area contributed by atoms with E-state index in [1.165, 1.54) is 18.4 Å². The Kier molecular flexibility index (Phi) is 3.78. The van der Waals surface area contributed by atoms with Crippen molar-refractivity contribution >= 4 is 11.6 Å². The molecule has 0 saturated heterocycles. The Balaban J connectivity index is 1.75. The first kappa shape index (κ1) is 13.9. The largest absolute Gasteiger partial charge is 0.346 e. The fourth-order valence-electron chi connectivity index (χ4n) is 2.88. The molecular formula is C17H21N3O. The first-order valence-electron chi connectivity index (χ1n) is 7.58. The maximum Gasteiger partial charge on any atom is 0.253 e. The van der Waals surface area contributed by atoms with Crippen molar-refractivity contribution < 1.29 is 4.79 Å². The van der Waals surface area contributed by atoms with Crippen molar-refractivity contribution in [3.8, 4) is 0 Å². The Bertz CT molecular complexity index is 699. The number of aromatic nitrogens is 2. The zero-order valence-electron chi connectivity index (χ0n) is 12.6. The van der Waals surface area contributed by atoms with Crippen LogP contribution in [0.2, 0.25) is 0 Å². The van der Waals surface area contributed by atoms with Crippen molar-refractivity contribution in [2.24, 2.45) is 0 Å². The van der Waals surface area contributed by atoms with Crippen LogP contribution in [0.4, 0.5) is 0 Å². The van der Waals surface area contributed by atoms with Crippen LogP contribution in [-0.2, 0) is 0 Å². The van der Waals surface area contributed by atoms with Gasteiger partial charge in [-0.05, 0) is 51.7 Å². The lowest BCUT2D eigenvalue weighted by Crippen LogP contribution is -2.34. The molecule has 1 aliphatic carbocycles. The number of fused-ring (bicyclic) bond motifs is 1. The fourth-order valence-corrected chi connectivity index (χ4v) is 2.88. The maximum absolute atomic E-state index is 12.4. The number of nitrogens with one attached hydrogen (secondary N) is 1. The molecule has 1 amide bonds. The van der Waals surface area contributed by atoms with E-state index in [1.54, 1.807) is 0 Å². The molecule has 1 atom stereocenters. The molecule has 2 aromatic rings. The van der Waals surface area contributed by atoms with E-state index < -0.39 is 0 Å². The van der Waals surface area contributed by atoms with Gasteiger partial charge in [0, 0.05) is 18.4 Å². The number of amides is 1. The highest BCUT2D eigenvalue weighted by atomic mass is 16.1.